The number of para-hydroxylation sites is 1. The first-order chi connectivity index (χ1) is 23.5. The molecule has 1 heterocycles. The molecule has 1 saturated heterocycles. The molecule has 7 nitrogen and oxygen atoms in total. The first-order valence-electron chi connectivity index (χ1n) is 18.8. The first-order valence-corrected chi connectivity index (χ1v) is 26.2. The molecule has 286 valence electrons. The van der Waals surface area contributed by atoms with Crippen LogP contribution in [-0.4, -0.2) is 59.1 Å². The number of halogens is 2. The second-order valence-electron chi connectivity index (χ2n) is 17.9. The van der Waals surface area contributed by atoms with Crippen LogP contribution in [0.1, 0.15) is 93.9 Å². The maximum Gasteiger partial charge on any atom is 0.347 e. The quantitative estimate of drug-likeness (QED) is 0.153. The van der Waals surface area contributed by atoms with Crippen molar-refractivity contribution < 1.29 is 32.7 Å². The highest BCUT2D eigenvalue weighted by Gasteiger charge is 2.47. The lowest BCUT2D eigenvalue weighted by Gasteiger charge is -2.46. The van der Waals surface area contributed by atoms with Crippen LogP contribution in [0.15, 0.2) is 50.9 Å². The number of hydrogen-bond acceptors (Lipinski definition) is 7. The Kier molecular flexibility index (Phi) is 13.9. The minimum Gasteiger partial charge on any atom is -0.476 e. The van der Waals surface area contributed by atoms with Gasteiger partial charge < -0.3 is 23.1 Å². The van der Waals surface area contributed by atoms with E-state index in [1.807, 2.05) is 25.1 Å². The SMILES string of the molecule is CCC(Oc1c(Br)cccc1Br)C(=O)O[C@H]1C[C@H](O[Si](C)(C)C(C)(C)C)C=C2C=C[C@H](C)[C@H](CC[C@@H]3C[C@@H](O[Si](C)(C)C(C)(C)C)CC(=O)O3)[C@H]21. The van der Waals surface area contributed by atoms with Gasteiger partial charge in [0.1, 0.15) is 18.0 Å². The summed E-state index contributed by atoms with van der Waals surface area (Å²) in [6.07, 6.45) is 8.74. The van der Waals surface area contributed by atoms with E-state index in [1.165, 1.54) is 0 Å². The molecular formula is C40H62Br2O7Si2. The molecule has 4 rings (SSSR count). The summed E-state index contributed by atoms with van der Waals surface area (Å²) in [7, 11) is -4.17. The van der Waals surface area contributed by atoms with E-state index in [2.05, 4.69) is 125 Å². The highest BCUT2D eigenvalue weighted by atomic mass is 79.9. The van der Waals surface area contributed by atoms with Gasteiger partial charge in [0.15, 0.2) is 22.7 Å². The smallest absolute Gasteiger partial charge is 0.347 e. The van der Waals surface area contributed by atoms with E-state index in [-0.39, 0.29) is 58.1 Å². The monoisotopic (exact) mass is 868 g/mol. The molecule has 0 saturated carbocycles. The normalized spacial score (nSPS) is 28.0. The van der Waals surface area contributed by atoms with Crippen LogP contribution >= 0.6 is 31.9 Å². The van der Waals surface area contributed by atoms with Crippen LogP contribution in [0.5, 0.6) is 5.75 Å². The van der Waals surface area contributed by atoms with Gasteiger partial charge in [-0.3, -0.25) is 4.79 Å². The van der Waals surface area contributed by atoms with Crippen LogP contribution in [-0.2, 0) is 27.9 Å². The van der Waals surface area contributed by atoms with Crippen LogP contribution in [0.25, 0.3) is 0 Å². The van der Waals surface area contributed by atoms with E-state index < -0.39 is 28.8 Å². The zero-order valence-electron chi connectivity index (χ0n) is 32.9. The van der Waals surface area contributed by atoms with Gasteiger partial charge in [-0.15, -0.1) is 0 Å². The summed E-state index contributed by atoms with van der Waals surface area (Å²) in [5, 5.41) is 0.0983. The van der Waals surface area contributed by atoms with Gasteiger partial charge in [0, 0.05) is 18.8 Å². The van der Waals surface area contributed by atoms with Crippen molar-refractivity contribution in [2.75, 3.05) is 0 Å². The number of benzene rings is 1. The van der Waals surface area contributed by atoms with Crippen LogP contribution in [0, 0.1) is 17.8 Å². The van der Waals surface area contributed by atoms with Gasteiger partial charge in [0.25, 0.3) is 0 Å². The molecule has 1 aromatic rings. The summed E-state index contributed by atoms with van der Waals surface area (Å²) in [5.41, 5.74) is 1.16. The number of ether oxygens (including phenoxy) is 3. The van der Waals surface area contributed by atoms with Crippen molar-refractivity contribution in [2.24, 2.45) is 17.8 Å². The average Bonchev–Trinajstić information content (AvgIpc) is 2.98. The summed E-state index contributed by atoms with van der Waals surface area (Å²) in [6, 6.07) is 5.70. The van der Waals surface area contributed by atoms with Gasteiger partial charge in [-0.1, -0.05) is 79.7 Å². The molecule has 0 bridgehead atoms. The standard InChI is InChI=1S/C40H62Br2O7Si2/c1-13-33(46-37-31(41)15-14-16-32(37)42)38(44)47-34-23-28(48-50(9,10)39(3,4)5)21-26-18-17-25(2)30(36(26)34)20-19-27-22-29(24-35(43)45-27)49-51(11,12)40(6,7)8/h14-18,21,25,27-30,33-34,36H,13,19-20,22-24H2,1-12H3/t25-,27+,28+,29+,30-,33?,34-,36-/m0/s1. The minimum atomic E-state index is -2.12. The fourth-order valence-corrected chi connectivity index (χ4v) is 10.8. The molecule has 0 amide bonds. The van der Waals surface area contributed by atoms with Crippen molar-refractivity contribution in [1.29, 1.82) is 0 Å². The van der Waals surface area contributed by atoms with Gasteiger partial charge in [0.05, 0.1) is 27.6 Å². The number of carbonyl (C=O) groups is 2. The number of hydrogen-bond donors (Lipinski definition) is 0. The molecule has 2 aliphatic carbocycles. The molecule has 3 aliphatic rings. The van der Waals surface area contributed by atoms with E-state index in [0.29, 0.717) is 31.4 Å². The average molecular weight is 871 g/mol. The summed E-state index contributed by atoms with van der Waals surface area (Å²) in [5.74, 6) is 0.454. The molecule has 8 atom stereocenters. The molecule has 1 aromatic carbocycles. The topological polar surface area (TPSA) is 80.3 Å². The van der Waals surface area contributed by atoms with Gasteiger partial charge in [-0.2, -0.15) is 0 Å². The Balaban J connectivity index is 1.58. The molecule has 1 fully saturated rings. The Morgan fingerprint density at radius 2 is 1.57 bits per heavy atom. The maximum atomic E-state index is 14.0. The van der Waals surface area contributed by atoms with E-state index in [1.54, 1.807) is 0 Å². The summed E-state index contributed by atoms with van der Waals surface area (Å²) < 4.78 is 34.0. The Morgan fingerprint density at radius 3 is 2.16 bits per heavy atom. The van der Waals surface area contributed by atoms with Gasteiger partial charge >= 0.3 is 11.9 Å². The van der Waals surface area contributed by atoms with Crippen LogP contribution in [0.2, 0.25) is 36.3 Å². The number of cyclic esters (lactones) is 1. The first kappa shape index (κ1) is 42.5. The third-order valence-electron chi connectivity index (χ3n) is 12.0. The van der Waals surface area contributed by atoms with Crippen molar-refractivity contribution in [3.8, 4) is 5.75 Å². The summed E-state index contributed by atoms with van der Waals surface area (Å²) in [6.45, 7) is 26.6. The zero-order valence-corrected chi connectivity index (χ0v) is 38.1. The predicted molar refractivity (Wildman–Crippen MR) is 217 cm³/mol. The Morgan fingerprint density at radius 1 is 0.961 bits per heavy atom. The second-order valence-corrected chi connectivity index (χ2v) is 29.1. The minimum absolute atomic E-state index is 0.0144. The van der Waals surface area contributed by atoms with Crippen molar-refractivity contribution in [1.82, 2.24) is 0 Å². The highest BCUT2D eigenvalue weighted by molar-refractivity contribution is 9.11. The number of esters is 2. The number of rotatable bonds is 12. The van der Waals surface area contributed by atoms with E-state index in [9.17, 15) is 9.59 Å². The lowest BCUT2D eigenvalue weighted by molar-refractivity contribution is -0.164. The molecule has 0 N–H and O–H groups in total. The molecule has 11 heteroatoms. The molecule has 1 unspecified atom stereocenters. The highest BCUT2D eigenvalue weighted by Crippen LogP contribution is 2.47. The molecule has 1 aliphatic heterocycles. The van der Waals surface area contributed by atoms with Crippen LogP contribution in [0.4, 0.5) is 0 Å². The molecular weight excluding hydrogens is 808 g/mol. The van der Waals surface area contributed by atoms with Crippen molar-refractivity contribution in [3.05, 3.63) is 50.9 Å². The van der Waals surface area contributed by atoms with Crippen LogP contribution < -0.4 is 4.74 Å². The Hall–Kier alpha value is -1.25. The zero-order chi connectivity index (χ0) is 38.1. The lowest BCUT2D eigenvalue weighted by Crippen LogP contribution is -2.49. The van der Waals surface area contributed by atoms with Gasteiger partial charge in [0.2, 0.25) is 0 Å². The van der Waals surface area contributed by atoms with Gasteiger partial charge in [-0.25, -0.2) is 4.79 Å². The molecule has 0 radical (unpaired) electrons. The third kappa shape index (κ3) is 10.5. The summed E-state index contributed by atoms with van der Waals surface area (Å²) >= 11 is 7.14. The van der Waals surface area contributed by atoms with Gasteiger partial charge in [-0.05, 0) is 117 Å². The third-order valence-corrected chi connectivity index (χ3v) is 22.3. The number of allylic oxidation sites excluding steroid dienone is 2. The predicted octanol–water partition coefficient (Wildman–Crippen LogP) is 11.3. The van der Waals surface area contributed by atoms with Crippen molar-refractivity contribution in [3.63, 3.8) is 0 Å². The number of carbonyl (C=O) groups excluding carboxylic acids is 2. The number of fused-ring (bicyclic) bond motifs is 1. The van der Waals surface area contributed by atoms with Crippen molar-refractivity contribution >= 4 is 60.4 Å². The lowest BCUT2D eigenvalue weighted by atomic mass is 9.66. The molecule has 0 spiro atoms. The van der Waals surface area contributed by atoms with E-state index >= 15 is 0 Å². The van der Waals surface area contributed by atoms with E-state index in [4.69, 9.17) is 23.1 Å². The Labute approximate surface area is 326 Å². The molecule has 51 heavy (non-hydrogen) atoms. The van der Waals surface area contributed by atoms with Crippen molar-refractivity contribution in [2.45, 2.75) is 161 Å². The van der Waals surface area contributed by atoms with E-state index in [0.717, 1.165) is 27.4 Å². The fraction of sp³-hybridized carbons (Fsp3) is 0.700. The fourth-order valence-electron chi connectivity index (χ4n) is 6.95. The largest absolute Gasteiger partial charge is 0.476 e. The maximum absolute atomic E-state index is 14.0. The second kappa shape index (κ2) is 16.6. The van der Waals surface area contributed by atoms with Crippen LogP contribution in [0.3, 0.4) is 0 Å². The summed E-state index contributed by atoms with van der Waals surface area (Å²) in [4.78, 5) is 26.9. The molecule has 0 aromatic heterocycles. The Bertz CT molecular complexity index is 1440.